The number of methoxy groups -OCH3 is 2. The van der Waals surface area contributed by atoms with Crippen LogP contribution in [0.1, 0.15) is 23.1 Å². The lowest BCUT2D eigenvalue weighted by atomic mass is 9.95. The third kappa shape index (κ3) is 2.43. The fourth-order valence-electron chi connectivity index (χ4n) is 2.07. The summed E-state index contributed by atoms with van der Waals surface area (Å²) < 4.78 is 11.1. The summed E-state index contributed by atoms with van der Waals surface area (Å²) in [6.45, 7) is 4.65. The molecule has 0 amide bonds. The van der Waals surface area contributed by atoms with E-state index >= 15 is 0 Å². The molecule has 0 aliphatic carbocycles. The van der Waals surface area contributed by atoms with Crippen molar-refractivity contribution in [3.05, 3.63) is 34.9 Å². The molecule has 0 heterocycles. The summed E-state index contributed by atoms with van der Waals surface area (Å²) in [5, 5.41) is 0. The minimum Gasteiger partial charge on any atom is -0.349 e. The first-order valence-corrected chi connectivity index (χ1v) is 5.47. The lowest BCUT2D eigenvalue weighted by molar-refractivity contribution is -0.218. The van der Waals surface area contributed by atoms with Gasteiger partial charge >= 0.3 is 0 Å². The van der Waals surface area contributed by atoms with Crippen molar-refractivity contribution in [3.63, 3.8) is 0 Å². The molecular formula is C13H21NO2. The van der Waals surface area contributed by atoms with E-state index in [2.05, 4.69) is 26.0 Å². The van der Waals surface area contributed by atoms with Gasteiger partial charge in [-0.15, -0.1) is 0 Å². The molecule has 0 atom stereocenters. The maximum atomic E-state index is 5.62. The van der Waals surface area contributed by atoms with E-state index < -0.39 is 5.79 Å². The van der Waals surface area contributed by atoms with Crippen molar-refractivity contribution in [2.45, 2.75) is 26.1 Å². The number of hydrogen-bond donors (Lipinski definition) is 1. The quantitative estimate of drug-likeness (QED) is 0.777. The first-order chi connectivity index (χ1) is 7.59. The van der Waals surface area contributed by atoms with Crippen LogP contribution in [0.5, 0.6) is 0 Å². The zero-order valence-electron chi connectivity index (χ0n) is 10.5. The largest absolute Gasteiger partial charge is 0.349 e. The maximum absolute atomic E-state index is 5.62. The average molecular weight is 223 g/mol. The molecule has 0 saturated heterocycles. The molecule has 16 heavy (non-hydrogen) atoms. The second kappa shape index (κ2) is 5.43. The van der Waals surface area contributed by atoms with Gasteiger partial charge in [0.05, 0.1) is 0 Å². The average Bonchev–Trinajstić information content (AvgIpc) is 2.27. The van der Waals surface area contributed by atoms with Crippen molar-refractivity contribution in [3.8, 4) is 0 Å². The van der Waals surface area contributed by atoms with Crippen LogP contribution in [0.15, 0.2) is 18.2 Å². The first-order valence-electron chi connectivity index (χ1n) is 5.47. The Labute approximate surface area is 97.6 Å². The Kier molecular flexibility index (Phi) is 4.47. The minimum atomic E-state index is -0.716. The van der Waals surface area contributed by atoms with Crippen LogP contribution in [0.3, 0.4) is 0 Å². The van der Waals surface area contributed by atoms with E-state index in [1.54, 1.807) is 14.2 Å². The van der Waals surface area contributed by atoms with Gasteiger partial charge in [0.25, 0.3) is 0 Å². The number of ether oxygens (including phenoxy) is 2. The van der Waals surface area contributed by atoms with E-state index in [0.717, 1.165) is 11.1 Å². The summed E-state index contributed by atoms with van der Waals surface area (Å²) in [5.74, 6) is -0.716. The smallest absolute Gasteiger partial charge is 0.195 e. The van der Waals surface area contributed by atoms with Crippen LogP contribution in [0.2, 0.25) is 0 Å². The molecule has 0 saturated carbocycles. The predicted molar refractivity (Wildman–Crippen MR) is 65.3 cm³/mol. The van der Waals surface area contributed by atoms with Crippen LogP contribution >= 0.6 is 0 Å². The van der Waals surface area contributed by atoms with Crippen molar-refractivity contribution < 1.29 is 9.47 Å². The number of hydrogen-bond acceptors (Lipinski definition) is 3. The third-order valence-electron chi connectivity index (χ3n) is 2.93. The van der Waals surface area contributed by atoms with Crippen molar-refractivity contribution in [2.75, 3.05) is 20.8 Å². The minimum absolute atomic E-state index is 0.523. The molecule has 0 aliphatic heterocycles. The normalized spacial score (nSPS) is 11.8. The molecule has 0 aliphatic rings. The molecule has 0 bridgehead atoms. The molecule has 2 N–H and O–H groups in total. The van der Waals surface area contributed by atoms with Crippen LogP contribution in [-0.2, 0) is 15.3 Å². The van der Waals surface area contributed by atoms with Crippen molar-refractivity contribution in [2.24, 2.45) is 5.73 Å². The Balaban J connectivity index is 3.19. The monoisotopic (exact) mass is 223 g/mol. The van der Waals surface area contributed by atoms with Gasteiger partial charge in [-0.25, -0.2) is 0 Å². The number of rotatable bonds is 5. The summed E-state index contributed by atoms with van der Waals surface area (Å²) in [4.78, 5) is 0. The zero-order chi connectivity index (χ0) is 12.2. The molecule has 1 rings (SSSR count). The first kappa shape index (κ1) is 13.2. The second-order valence-corrected chi connectivity index (χ2v) is 4.02. The summed E-state index contributed by atoms with van der Waals surface area (Å²) in [6.07, 6.45) is 0.643. The highest BCUT2D eigenvalue weighted by Crippen LogP contribution is 2.32. The van der Waals surface area contributed by atoms with Crippen LogP contribution in [0.25, 0.3) is 0 Å². The topological polar surface area (TPSA) is 44.5 Å². The van der Waals surface area contributed by atoms with Crippen molar-refractivity contribution in [1.29, 1.82) is 0 Å². The van der Waals surface area contributed by atoms with E-state index in [0.29, 0.717) is 13.0 Å². The van der Waals surface area contributed by atoms with Crippen LogP contribution in [0.4, 0.5) is 0 Å². The van der Waals surface area contributed by atoms with E-state index in [1.165, 1.54) is 5.56 Å². The molecule has 3 nitrogen and oxygen atoms in total. The third-order valence-corrected chi connectivity index (χ3v) is 2.93. The Hall–Kier alpha value is -0.900. The van der Waals surface area contributed by atoms with E-state index in [-0.39, 0.29) is 0 Å². The Morgan fingerprint density at radius 3 is 2.25 bits per heavy atom. The molecule has 0 spiro atoms. The van der Waals surface area contributed by atoms with Crippen molar-refractivity contribution >= 4 is 0 Å². The van der Waals surface area contributed by atoms with E-state index in [9.17, 15) is 0 Å². The van der Waals surface area contributed by atoms with Gasteiger partial charge < -0.3 is 15.2 Å². The lowest BCUT2D eigenvalue weighted by Gasteiger charge is -2.32. The van der Waals surface area contributed by atoms with Gasteiger partial charge in [-0.2, -0.15) is 0 Å². The molecule has 0 aromatic heterocycles. The van der Waals surface area contributed by atoms with E-state index in [1.807, 2.05) is 6.07 Å². The fourth-order valence-corrected chi connectivity index (χ4v) is 2.07. The summed E-state index contributed by atoms with van der Waals surface area (Å²) in [5.41, 5.74) is 9.07. The lowest BCUT2D eigenvalue weighted by Crippen LogP contribution is -2.34. The van der Waals surface area contributed by atoms with Gasteiger partial charge in [0.2, 0.25) is 0 Å². The standard InChI is InChI=1S/C13H21NO2/c1-10-5-6-12(11(2)9-10)13(15-3,16-4)7-8-14/h5-6,9H,7-8,14H2,1-4H3. The SMILES string of the molecule is COC(CCN)(OC)c1ccc(C)cc1C. The zero-order valence-corrected chi connectivity index (χ0v) is 10.5. The molecule has 90 valence electrons. The molecule has 1 aromatic carbocycles. The molecule has 3 heteroatoms. The van der Waals surface area contributed by atoms with E-state index in [4.69, 9.17) is 15.2 Å². The second-order valence-electron chi connectivity index (χ2n) is 4.02. The van der Waals surface area contributed by atoms with Crippen LogP contribution in [-0.4, -0.2) is 20.8 Å². The summed E-state index contributed by atoms with van der Waals surface area (Å²) >= 11 is 0. The molecule has 0 radical (unpaired) electrons. The fraction of sp³-hybridized carbons (Fsp3) is 0.538. The Bertz CT molecular complexity index is 346. The number of benzene rings is 1. The Morgan fingerprint density at radius 2 is 1.81 bits per heavy atom. The molecule has 1 aromatic rings. The van der Waals surface area contributed by atoms with Gasteiger partial charge in [0, 0.05) is 26.2 Å². The van der Waals surface area contributed by atoms with Crippen molar-refractivity contribution in [1.82, 2.24) is 0 Å². The highest BCUT2D eigenvalue weighted by atomic mass is 16.7. The maximum Gasteiger partial charge on any atom is 0.195 e. The van der Waals surface area contributed by atoms with Gasteiger partial charge in [0.15, 0.2) is 5.79 Å². The van der Waals surface area contributed by atoms with Gasteiger partial charge in [0.1, 0.15) is 0 Å². The molecule has 0 unspecified atom stereocenters. The number of aryl methyl sites for hydroxylation is 2. The predicted octanol–water partition coefficient (Wildman–Crippen LogP) is 2.10. The van der Waals surface area contributed by atoms with Crippen LogP contribution in [0, 0.1) is 13.8 Å². The van der Waals surface area contributed by atoms with Gasteiger partial charge in [-0.1, -0.05) is 23.8 Å². The highest BCUT2D eigenvalue weighted by molar-refractivity contribution is 5.33. The Morgan fingerprint density at radius 1 is 1.19 bits per heavy atom. The van der Waals surface area contributed by atoms with Crippen LogP contribution < -0.4 is 5.73 Å². The van der Waals surface area contributed by atoms with Gasteiger partial charge in [-0.05, 0) is 26.0 Å². The molecular weight excluding hydrogens is 202 g/mol. The number of nitrogens with two attached hydrogens (primary N) is 1. The summed E-state index contributed by atoms with van der Waals surface area (Å²) in [7, 11) is 3.30. The highest BCUT2D eigenvalue weighted by Gasteiger charge is 2.32. The van der Waals surface area contributed by atoms with Gasteiger partial charge in [-0.3, -0.25) is 0 Å². The molecule has 0 fully saturated rings. The summed E-state index contributed by atoms with van der Waals surface area (Å²) in [6, 6.07) is 6.23.